The number of aryl methyl sites for hydroxylation is 1. The first-order valence-corrected chi connectivity index (χ1v) is 10.7. The van der Waals surface area contributed by atoms with E-state index in [1.54, 1.807) is 0 Å². The van der Waals surface area contributed by atoms with Gasteiger partial charge in [-0.25, -0.2) is 5.10 Å². The molecule has 0 radical (unpaired) electrons. The van der Waals surface area contributed by atoms with Crippen LogP contribution in [-0.2, 0) is 24.2 Å². The van der Waals surface area contributed by atoms with E-state index in [4.69, 9.17) is 5.11 Å². The average molecular weight is 444 g/mol. The topological polar surface area (TPSA) is 127 Å². The maximum atomic E-state index is 12.4. The van der Waals surface area contributed by atoms with Crippen LogP contribution in [0.2, 0.25) is 0 Å². The van der Waals surface area contributed by atoms with Gasteiger partial charge in [-0.05, 0) is 40.5 Å². The van der Waals surface area contributed by atoms with E-state index in [1.165, 1.54) is 0 Å². The van der Waals surface area contributed by atoms with Gasteiger partial charge in [-0.2, -0.15) is 4.98 Å². The number of benzene rings is 2. The number of hydrogen-bond donors (Lipinski definition) is 2. The van der Waals surface area contributed by atoms with Crippen LogP contribution < -0.4 is 5.56 Å². The Balaban J connectivity index is 1.65. The third-order valence-electron chi connectivity index (χ3n) is 5.68. The second-order valence-corrected chi connectivity index (χ2v) is 7.72. The summed E-state index contributed by atoms with van der Waals surface area (Å²) in [6.45, 7) is 4.35. The van der Waals surface area contributed by atoms with Gasteiger partial charge < -0.3 is 9.67 Å². The number of hydrogen-bond acceptors (Lipinski definition) is 6. The van der Waals surface area contributed by atoms with Crippen LogP contribution in [0.1, 0.15) is 36.0 Å². The Morgan fingerprint density at radius 3 is 2.45 bits per heavy atom. The highest BCUT2D eigenvalue weighted by Crippen LogP contribution is 2.29. The van der Waals surface area contributed by atoms with Crippen LogP contribution in [0, 0.1) is 6.92 Å². The van der Waals surface area contributed by atoms with E-state index in [1.807, 2.05) is 66.9 Å². The van der Waals surface area contributed by atoms with E-state index in [0.717, 1.165) is 27.9 Å². The van der Waals surface area contributed by atoms with Gasteiger partial charge in [0.1, 0.15) is 5.82 Å². The molecule has 4 rings (SSSR count). The summed E-state index contributed by atoms with van der Waals surface area (Å²) < 4.78 is 2.00. The maximum Gasteiger partial charge on any atom is 0.303 e. The SMILES string of the molecule is CCc1nc(=O)c(CCC(=O)O)c(C)n1Cc1ccc(-c2ccccc2-c2nnn[nH]2)cc1. The van der Waals surface area contributed by atoms with Crippen molar-refractivity contribution in [1.29, 1.82) is 0 Å². The zero-order valence-corrected chi connectivity index (χ0v) is 18.4. The van der Waals surface area contributed by atoms with Gasteiger partial charge in [0.05, 0.1) is 0 Å². The molecule has 0 aliphatic rings. The molecular weight excluding hydrogens is 420 g/mol. The summed E-state index contributed by atoms with van der Waals surface area (Å²) in [5, 5.41) is 23.2. The van der Waals surface area contributed by atoms with Crippen LogP contribution in [0.4, 0.5) is 0 Å². The number of carbonyl (C=O) groups is 1. The van der Waals surface area contributed by atoms with Gasteiger partial charge in [0.15, 0.2) is 5.82 Å². The van der Waals surface area contributed by atoms with Crippen molar-refractivity contribution in [2.45, 2.75) is 39.7 Å². The first-order chi connectivity index (χ1) is 16.0. The van der Waals surface area contributed by atoms with Crippen molar-refractivity contribution in [1.82, 2.24) is 30.2 Å². The van der Waals surface area contributed by atoms with E-state index in [0.29, 0.717) is 30.2 Å². The summed E-state index contributed by atoms with van der Waals surface area (Å²) in [4.78, 5) is 27.7. The summed E-state index contributed by atoms with van der Waals surface area (Å²) in [7, 11) is 0. The molecule has 2 aromatic heterocycles. The summed E-state index contributed by atoms with van der Waals surface area (Å²) in [5.41, 5.74) is 4.88. The molecule has 2 N–H and O–H groups in total. The van der Waals surface area contributed by atoms with E-state index in [2.05, 4.69) is 25.6 Å². The first-order valence-electron chi connectivity index (χ1n) is 10.7. The monoisotopic (exact) mass is 444 g/mol. The molecular formula is C24H24N6O3. The van der Waals surface area contributed by atoms with Gasteiger partial charge in [0, 0.05) is 36.2 Å². The largest absolute Gasteiger partial charge is 0.481 e. The highest BCUT2D eigenvalue weighted by atomic mass is 16.4. The van der Waals surface area contributed by atoms with E-state index in [-0.39, 0.29) is 18.4 Å². The van der Waals surface area contributed by atoms with Gasteiger partial charge in [-0.15, -0.1) is 5.10 Å². The van der Waals surface area contributed by atoms with Crippen LogP contribution in [-0.4, -0.2) is 41.3 Å². The number of nitrogens with one attached hydrogen (secondary N) is 1. The molecule has 0 saturated carbocycles. The molecule has 2 heterocycles. The predicted octanol–water partition coefficient (Wildman–Crippen LogP) is 3.03. The van der Waals surface area contributed by atoms with Gasteiger partial charge in [-0.1, -0.05) is 55.5 Å². The average Bonchev–Trinajstić information content (AvgIpc) is 3.36. The lowest BCUT2D eigenvalue weighted by molar-refractivity contribution is -0.136. The minimum atomic E-state index is -0.933. The molecule has 0 bridgehead atoms. The molecule has 4 aromatic rings. The molecule has 0 spiro atoms. The fourth-order valence-electron chi connectivity index (χ4n) is 3.94. The summed E-state index contributed by atoms with van der Waals surface area (Å²) >= 11 is 0. The minimum Gasteiger partial charge on any atom is -0.481 e. The lowest BCUT2D eigenvalue weighted by atomic mass is 9.98. The molecule has 0 aliphatic carbocycles. The minimum absolute atomic E-state index is 0.0992. The van der Waals surface area contributed by atoms with E-state index in [9.17, 15) is 9.59 Å². The number of aromatic nitrogens is 6. The Hall–Kier alpha value is -4.14. The van der Waals surface area contributed by atoms with Crippen LogP contribution in [0.25, 0.3) is 22.5 Å². The number of aliphatic carboxylic acids is 1. The smallest absolute Gasteiger partial charge is 0.303 e. The molecule has 0 amide bonds. The fraction of sp³-hybridized carbons (Fsp3) is 0.250. The molecule has 2 aromatic carbocycles. The first kappa shape index (κ1) is 22.1. The molecule has 0 unspecified atom stereocenters. The Kier molecular flexibility index (Phi) is 6.39. The van der Waals surface area contributed by atoms with Crippen LogP contribution >= 0.6 is 0 Å². The molecule has 0 saturated heterocycles. The third-order valence-corrected chi connectivity index (χ3v) is 5.68. The lowest BCUT2D eigenvalue weighted by Crippen LogP contribution is -2.25. The molecule has 9 nitrogen and oxygen atoms in total. The second-order valence-electron chi connectivity index (χ2n) is 7.72. The molecule has 0 fully saturated rings. The number of H-pyrrole nitrogens is 1. The fourth-order valence-corrected chi connectivity index (χ4v) is 3.94. The second kappa shape index (κ2) is 9.56. The Morgan fingerprint density at radius 1 is 1.09 bits per heavy atom. The number of nitrogens with zero attached hydrogens (tertiary/aromatic N) is 5. The number of tetrazole rings is 1. The zero-order chi connectivity index (χ0) is 23.4. The normalized spacial score (nSPS) is 11.0. The van der Waals surface area contributed by atoms with Crippen molar-refractivity contribution in [3.63, 3.8) is 0 Å². The summed E-state index contributed by atoms with van der Waals surface area (Å²) in [6, 6.07) is 16.1. The van der Waals surface area contributed by atoms with Crippen LogP contribution in [0.5, 0.6) is 0 Å². The third kappa shape index (κ3) is 4.72. The molecule has 9 heteroatoms. The summed E-state index contributed by atoms with van der Waals surface area (Å²) in [5.74, 6) is 0.354. The molecule has 0 aliphatic heterocycles. The highest BCUT2D eigenvalue weighted by molar-refractivity contribution is 5.80. The lowest BCUT2D eigenvalue weighted by Gasteiger charge is -2.18. The van der Waals surface area contributed by atoms with Crippen molar-refractivity contribution in [3.05, 3.63) is 81.5 Å². The number of carboxylic acid groups (broad SMARTS) is 1. The zero-order valence-electron chi connectivity index (χ0n) is 18.4. The molecule has 0 atom stereocenters. The van der Waals surface area contributed by atoms with Crippen molar-refractivity contribution < 1.29 is 9.90 Å². The van der Waals surface area contributed by atoms with Gasteiger partial charge in [-0.3, -0.25) is 9.59 Å². The van der Waals surface area contributed by atoms with E-state index >= 15 is 0 Å². The Labute approximate surface area is 190 Å². The molecule has 33 heavy (non-hydrogen) atoms. The van der Waals surface area contributed by atoms with Gasteiger partial charge in [0.2, 0.25) is 0 Å². The maximum absolute atomic E-state index is 12.4. The quantitative estimate of drug-likeness (QED) is 0.428. The Morgan fingerprint density at radius 2 is 1.82 bits per heavy atom. The summed E-state index contributed by atoms with van der Waals surface area (Å²) in [6.07, 6.45) is 0.674. The number of aromatic amines is 1. The van der Waals surface area contributed by atoms with Crippen molar-refractivity contribution >= 4 is 5.97 Å². The number of carboxylic acids is 1. The van der Waals surface area contributed by atoms with Gasteiger partial charge in [0.25, 0.3) is 5.56 Å². The van der Waals surface area contributed by atoms with Crippen molar-refractivity contribution in [2.24, 2.45) is 0 Å². The van der Waals surface area contributed by atoms with Gasteiger partial charge >= 0.3 is 5.97 Å². The van der Waals surface area contributed by atoms with Crippen LogP contribution in [0.3, 0.4) is 0 Å². The predicted molar refractivity (Wildman–Crippen MR) is 123 cm³/mol. The highest BCUT2D eigenvalue weighted by Gasteiger charge is 2.15. The Bertz CT molecular complexity index is 1330. The standard InChI is InChI=1S/C24H24N6O3/c1-3-21-25-24(33)18(12-13-22(31)32)15(2)30(21)14-16-8-10-17(11-9-16)19-6-4-5-7-20(19)23-26-28-29-27-23/h4-11H,3,12-14H2,1-2H3,(H,31,32)(H,26,27,28,29). The van der Waals surface area contributed by atoms with Crippen molar-refractivity contribution in [2.75, 3.05) is 0 Å². The number of rotatable bonds is 8. The van der Waals surface area contributed by atoms with Crippen molar-refractivity contribution in [3.8, 4) is 22.5 Å². The van der Waals surface area contributed by atoms with E-state index < -0.39 is 5.97 Å². The molecule has 168 valence electrons. The van der Waals surface area contributed by atoms with Crippen LogP contribution in [0.15, 0.2) is 53.3 Å².